The van der Waals surface area contributed by atoms with E-state index in [1.54, 1.807) is 17.9 Å². The molecular weight excluding hydrogens is 182 g/mol. The number of likely N-dealkylation sites (N-methyl/N-ethyl adjacent to an activating group) is 1. The summed E-state index contributed by atoms with van der Waals surface area (Å²) in [5, 5.41) is 6.97. The smallest absolute Gasteiger partial charge is 0.324 e. The van der Waals surface area contributed by atoms with Gasteiger partial charge in [0.25, 0.3) is 0 Å². The first kappa shape index (κ1) is 10.7. The van der Waals surface area contributed by atoms with Crippen molar-refractivity contribution in [1.82, 2.24) is 15.1 Å². The molecule has 0 aliphatic carbocycles. The summed E-state index contributed by atoms with van der Waals surface area (Å²) >= 11 is 0. The van der Waals surface area contributed by atoms with Gasteiger partial charge in [0.05, 0.1) is 13.7 Å². The Balaban J connectivity index is 2.66. The molecule has 14 heavy (non-hydrogen) atoms. The van der Waals surface area contributed by atoms with Crippen LogP contribution in [0.25, 0.3) is 0 Å². The first-order valence-electron chi connectivity index (χ1n) is 4.42. The number of esters is 1. The molecular formula is C9H15N3O2. The highest BCUT2D eigenvalue weighted by molar-refractivity contribution is 5.75. The van der Waals surface area contributed by atoms with Crippen molar-refractivity contribution >= 4 is 5.97 Å². The lowest BCUT2D eigenvalue weighted by Crippen LogP contribution is -2.39. The second-order valence-corrected chi connectivity index (χ2v) is 3.02. The van der Waals surface area contributed by atoms with Crippen LogP contribution >= 0.6 is 0 Å². The van der Waals surface area contributed by atoms with Crippen molar-refractivity contribution in [3.63, 3.8) is 0 Å². The summed E-state index contributed by atoms with van der Waals surface area (Å²) in [7, 11) is 3.10. The van der Waals surface area contributed by atoms with E-state index in [0.717, 1.165) is 5.69 Å². The number of carbonyl (C=O) groups excluding carboxylic acids is 1. The average Bonchev–Trinajstić information content (AvgIpc) is 2.59. The Morgan fingerprint density at radius 3 is 2.93 bits per heavy atom. The number of aryl methyl sites for hydroxylation is 1. The van der Waals surface area contributed by atoms with Crippen LogP contribution in [0, 0.1) is 6.92 Å². The monoisotopic (exact) mass is 197 g/mol. The van der Waals surface area contributed by atoms with Gasteiger partial charge in [0, 0.05) is 11.9 Å². The Bertz CT molecular complexity index is 309. The molecule has 5 heteroatoms. The Morgan fingerprint density at radius 2 is 2.50 bits per heavy atom. The van der Waals surface area contributed by atoms with Gasteiger partial charge in [-0.2, -0.15) is 5.10 Å². The van der Waals surface area contributed by atoms with Crippen molar-refractivity contribution in [2.75, 3.05) is 14.2 Å². The van der Waals surface area contributed by atoms with Gasteiger partial charge in [0.15, 0.2) is 0 Å². The van der Waals surface area contributed by atoms with E-state index in [2.05, 4.69) is 15.2 Å². The van der Waals surface area contributed by atoms with Crippen molar-refractivity contribution in [2.24, 2.45) is 0 Å². The van der Waals surface area contributed by atoms with Crippen LogP contribution < -0.4 is 5.32 Å². The highest BCUT2D eigenvalue weighted by Gasteiger charge is 2.17. The molecule has 1 rings (SSSR count). The Labute approximate surface area is 83.1 Å². The number of ether oxygens (including phenoxy) is 1. The standard InChI is InChI=1S/C9H15N3O2/c1-7-4-5-11-12(7)6-8(10-2)9(13)14-3/h4-5,8,10H,6H2,1-3H3. The number of nitrogens with one attached hydrogen (secondary N) is 1. The van der Waals surface area contributed by atoms with Crippen LogP contribution in [-0.2, 0) is 16.1 Å². The van der Waals surface area contributed by atoms with Crippen LogP contribution in [0.4, 0.5) is 0 Å². The maximum absolute atomic E-state index is 11.3. The fraction of sp³-hybridized carbons (Fsp3) is 0.556. The second-order valence-electron chi connectivity index (χ2n) is 3.02. The van der Waals surface area contributed by atoms with E-state index in [0.29, 0.717) is 6.54 Å². The zero-order chi connectivity index (χ0) is 10.6. The van der Waals surface area contributed by atoms with E-state index >= 15 is 0 Å². The SMILES string of the molecule is CNC(Cn1nccc1C)C(=O)OC. The third-order valence-corrected chi connectivity index (χ3v) is 2.12. The summed E-state index contributed by atoms with van der Waals surface area (Å²) in [5.41, 5.74) is 1.02. The number of methoxy groups -OCH3 is 1. The molecule has 1 unspecified atom stereocenters. The minimum atomic E-state index is -0.349. The minimum absolute atomic E-state index is 0.276. The van der Waals surface area contributed by atoms with Gasteiger partial charge in [-0.1, -0.05) is 0 Å². The van der Waals surface area contributed by atoms with Gasteiger partial charge in [0.2, 0.25) is 0 Å². The van der Waals surface area contributed by atoms with Crippen LogP contribution in [0.2, 0.25) is 0 Å². The zero-order valence-electron chi connectivity index (χ0n) is 8.65. The maximum atomic E-state index is 11.3. The molecule has 0 aliphatic rings. The topological polar surface area (TPSA) is 56.2 Å². The molecule has 1 aromatic rings. The van der Waals surface area contributed by atoms with Gasteiger partial charge in [-0.05, 0) is 20.0 Å². The number of hydrogen-bond donors (Lipinski definition) is 1. The van der Waals surface area contributed by atoms with Gasteiger partial charge in [-0.3, -0.25) is 9.48 Å². The lowest BCUT2D eigenvalue weighted by atomic mass is 10.3. The van der Waals surface area contributed by atoms with Crippen LogP contribution in [0.1, 0.15) is 5.69 Å². The normalized spacial score (nSPS) is 12.5. The van der Waals surface area contributed by atoms with Crippen LogP contribution in [0.5, 0.6) is 0 Å². The summed E-state index contributed by atoms with van der Waals surface area (Å²) in [4.78, 5) is 11.3. The molecule has 0 bridgehead atoms. The van der Waals surface area contributed by atoms with Crippen molar-refractivity contribution < 1.29 is 9.53 Å². The average molecular weight is 197 g/mol. The summed E-state index contributed by atoms with van der Waals surface area (Å²) in [6.45, 7) is 2.43. The first-order chi connectivity index (χ1) is 6.69. The number of aromatic nitrogens is 2. The molecule has 0 saturated carbocycles. The lowest BCUT2D eigenvalue weighted by molar-refractivity contribution is -0.143. The molecule has 1 aromatic heterocycles. The van der Waals surface area contributed by atoms with Crippen molar-refractivity contribution in [3.05, 3.63) is 18.0 Å². The van der Waals surface area contributed by atoms with E-state index in [1.165, 1.54) is 7.11 Å². The van der Waals surface area contributed by atoms with Gasteiger partial charge in [0.1, 0.15) is 6.04 Å². The summed E-state index contributed by atoms with van der Waals surface area (Å²) < 4.78 is 6.41. The van der Waals surface area contributed by atoms with E-state index in [9.17, 15) is 4.79 Å². The molecule has 0 aliphatic heterocycles. The number of carbonyl (C=O) groups is 1. The van der Waals surface area contributed by atoms with Crippen LogP contribution in [-0.4, -0.2) is 35.9 Å². The summed E-state index contributed by atoms with van der Waals surface area (Å²) in [6.07, 6.45) is 1.71. The zero-order valence-corrected chi connectivity index (χ0v) is 8.65. The molecule has 0 radical (unpaired) electrons. The molecule has 5 nitrogen and oxygen atoms in total. The van der Waals surface area contributed by atoms with Gasteiger partial charge in [-0.25, -0.2) is 0 Å². The molecule has 0 amide bonds. The Morgan fingerprint density at radius 1 is 1.79 bits per heavy atom. The molecule has 1 atom stereocenters. The van der Waals surface area contributed by atoms with E-state index in [-0.39, 0.29) is 12.0 Å². The fourth-order valence-electron chi connectivity index (χ4n) is 1.19. The van der Waals surface area contributed by atoms with Crippen LogP contribution in [0.15, 0.2) is 12.3 Å². The molecule has 1 N–H and O–H groups in total. The van der Waals surface area contributed by atoms with E-state index in [4.69, 9.17) is 0 Å². The summed E-state index contributed by atoms with van der Waals surface area (Å²) in [5.74, 6) is -0.276. The van der Waals surface area contributed by atoms with E-state index < -0.39 is 0 Å². The molecule has 1 heterocycles. The van der Waals surface area contributed by atoms with Crippen molar-refractivity contribution in [3.8, 4) is 0 Å². The highest BCUT2D eigenvalue weighted by Crippen LogP contribution is 1.99. The lowest BCUT2D eigenvalue weighted by Gasteiger charge is -2.14. The largest absolute Gasteiger partial charge is 0.468 e. The Kier molecular flexibility index (Phi) is 3.64. The molecule has 0 saturated heterocycles. The molecule has 78 valence electrons. The molecule has 0 aromatic carbocycles. The van der Waals surface area contributed by atoms with Gasteiger partial charge < -0.3 is 10.1 Å². The van der Waals surface area contributed by atoms with Crippen molar-refractivity contribution in [1.29, 1.82) is 0 Å². The number of hydrogen-bond acceptors (Lipinski definition) is 4. The maximum Gasteiger partial charge on any atom is 0.324 e. The minimum Gasteiger partial charge on any atom is -0.468 e. The number of nitrogens with zero attached hydrogens (tertiary/aromatic N) is 2. The third kappa shape index (κ3) is 2.32. The predicted octanol–water partition coefficient (Wildman–Crippen LogP) is -0.0475. The predicted molar refractivity (Wildman–Crippen MR) is 51.8 cm³/mol. The van der Waals surface area contributed by atoms with Crippen molar-refractivity contribution in [2.45, 2.75) is 19.5 Å². The quantitative estimate of drug-likeness (QED) is 0.688. The third-order valence-electron chi connectivity index (χ3n) is 2.12. The fourth-order valence-corrected chi connectivity index (χ4v) is 1.19. The molecule has 0 fully saturated rings. The highest BCUT2D eigenvalue weighted by atomic mass is 16.5. The van der Waals surface area contributed by atoms with Gasteiger partial charge >= 0.3 is 5.97 Å². The first-order valence-corrected chi connectivity index (χ1v) is 4.42. The Hall–Kier alpha value is -1.36. The molecule has 0 spiro atoms. The summed E-state index contributed by atoms with van der Waals surface area (Å²) in [6, 6.07) is 1.54. The van der Waals surface area contributed by atoms with E-state index in [1.807, 2.05) is 13.0 Å². The van der Waals surface area contributed by atoms with Crippen LogP contribution in [0.3, 0.4) is 0 Å². The number of rotatable bonds is 4. The second kappa shape index (κ2) is 4.76. The van der Waals surface area contributed by atoms with Gasteiger partial charge in [-0.15, -0.1) is 0 Å².